The lowest BCUT2D eigenvalue weighted by Gasteiger charge is -2.31. The quantitative estimate of drug-likeness (QED) is 0.601. The van der Waals surface area contributed by atoms with Crippen molar-refractivity contribution in [1.82, 2.24) is 20.4 Å². The summed E-state index contributed by atoms with van der Waals surface area (Å²) in [6, 6.07) is 15.5. The molecule has 7 nitrogen and oxygen atoms in total. The molecule has 0 saturated carbocycles. The topological polar surface area (TPSA) is 88.3 Å². The van der Waals surface area contributed by atoms with Gasteiger partial charge in [-0.25, -0.2) is 4.39 Å². The Kier molecular flexibility index (Phi) is 6.69. The number of piperidine rings is 1. The third kappa shape index (κ3) is 5.46. The number of hydrogen-bond donors (Lipinski definition) is 1. The summed E-state index contributed by atoms with van der Waals surface area (Å²) in [6.45, 7) is 0.957. The van der Waals surface area contributed by atoms with Gasteiger partial charge in [0.05, 0.1) is 12.5 Å². The number of nitrogens with one attached hydrogen (secondary N) is 1. The van der Waals surface area contributed by atoms with E-state index in [2.05, 4.69) is 15.5 Å². The molecule has 0 spiro atoms. The number of rotatable bonds is 6. The molecule has 1 aliphatic rings. The van der Waals surface area contributed by atoms with E-state index in [-0.39, 0.29) is 30.1 Å². The molecule has 3 aromatic rings. The zero-order chi connectivity index (χ0) is 22.3. The van der Waals surface area contributed by atoms with Gasteiger partial charge in [0, 0.05) is 24.7 Å². The smallest absolute Gasteiger partial charge is 0.244 e. The number of carbonyl (C=O) groups is 2. The van der Waals surface area contributed by atoms with Crippen LogP contribution in [-0.2, 0) is 9.59 Å². The predicted molar refractivity (Wildman–Crippen MR) is 117 cm³/mol. The van der Waals surface area contributed by atoms with Crippen LogP contribution in [0.4, 0.5) is 4.39 Å². The van der Waals surface area contributed by atoms with Crippen molar-refractivity contribution >= 4 is 17.9 Å². The van der Waals surface area contributed by atoms with Crippen LogP contribution in [0.1, 0.15) is 30.2 Å². The van der Waals surface area contributed by atoms with Gasteiger partial charge in [-0.3, -0.25) is 9.59 Å². The normalized spacial score (nSPS) is 16.3. The van der Waals surface area contributed by atoms with Crippen LogP contribution in [0.5, 0.6) is 0 Å². The number of amides is 2. The maximum absolute atomic E-state index is 13.5. The highest BCUT2D eigenvalue weighted by Crippen LogP contribution is 2.27. The molecule has 8 heteroatoms. The van der Waals surface area contributed by atoms with Gasteiger partial charge in [0.25, 0.3) is 0 Å². The largest absolute Gasteiger partial charge is 0.343 e. The predicted octanol–water partition coefficient (Wildman–Crippen LogP) is 3.41. The van der Waals surface area contributed by atoms with Crippen LogP contribution >= 0.6 is 0 Å². The minimum Gasteiger partial charge on any atom is -0.343 e. The zero-order valence-electron chi connectivity index (χ0n) is 17.4. The molecule has 2 heterocycles. The fourth-order valence-corrected chi connectivity index (χ4v) is 3.62. The van der Waals surface area contributed by atoms with E-state index < -0.39 is 0 Å². The number of nitrogens with zero attached hydrogens (tertiary/aromatic N) is 3. The minimum absolute atomic E-state index is 0.0803. The van der Waals surface area contributed by atoms with Crippen molar-refractivity contribution in [2.45, 2.75) is 18.8 Å². The Labute approximate surface area is 184 Å². The van der Waals surface area contributed by atoms with Gasteiger partial charge < -0.3 is 14.7 Å². The van der Waals surface area contributed by atoms with E-state index in [1.54, 1.807) is 23.1 Å². The van der Waals surface area contributed by atoms with Crippen LogP contribution in [0.2, 0.25) is 0 Å². The number of hydrogen-bond acceptors (Lipinski definition) is 5. The molecule has 2 aromatic carbocycles. The molecule has 164 valence electrons. The van der Waals surface area contributed by atoms with Gasteiger partial charge in [-0.15, -0.1) is 0 Å². The van der Waals surface area contributed by atoms with Crippen molar-refractivity contribution in [3.05, 3.63) is 77.9 Å². The van der Waals surface area contributed by atoms with Gasteiger partial charge in [-0.2, -0.15) is 4.98 Å². The Morgan fingerprint density at radius 2 is 2.03 bits per heavy atom. The van der Waals surface area contributed by atoms with Gasteiger partial charge in [0.1, 0.15) is 5.82 Å². The molecule has 1 atom stereocenters. The molecule has 32 heavy (non-hydrogen) atoms. The number of halogens is 1. The summed E-state index contributed by atoms with van der Waals surface area (Å²) in [5.74, 6) is -0.217. The SMILES string of the molecule is O=C(/C=C/c1ccccc1)NCC(=O)N1CCCC(c2nc(-c3cccc(F)c3)no2)C1. The van der Waals surface area contributed by atoms with Gasteiger partial charge in [-0.05, 0) is 36.6 Å². The number of carbonyl (C=O) groups excluding carboxylic acids is 2. The molecule has 1 aromatic heterocycles. The molecule has 1 saturated heterocycles. The average Bonchev–Trinajstić information content (AvgIpc) is 3.32. The monoisotopic (exact) mass is 434 g/mol. The highest BCUT2D eigenvalue weighted by molar-refractivity contribution is 5.94. The summed E-state index contributed by atoms with van der Waals surface area (Å²) in [4.78, 5) is 30.7. The Balaban J connectivity index is 1.31. The summed E-state index contributed by atoms with van der Waals surface area (Å²) in [7, 11) is 0. The van der Waals surface area contributed by atoms with Crippen LogP contribution < -0.4 is 5.32 Å². The van der Waals surface area contributed by atoms with Gasteiger partial charge >= 0.3 is 0 Å². The third-order valence-electron chi connectivity index (χ3n) is 5.29. The molecule has 2 amide bonds. The van der Waals surface area contributed by atoms with Crippen molar-refractivity contribution < 1.29 is 18.5 Å². The first-order valence-electron chi connectivity index (χ1n) is 10.5. The van der Waals surface area contributed by atoms with Crippen LogP contribution in [-0.4, -0.2) is 46.5 Å². The number of aromatic nitrogens is 2. The van der Waals surface area contributed by atoms with E-state index in [9.17, 15) is 14.0 Å². The third-order valence-corrected chi connectivity index (χ3v) is 5.29. The maximum Gasteiger partial charge on any atom is 0.244 e. The molecule has 1 fully saturated rings. The lowest BCUT2D eigenvalue weighted by atomic mass is 9.98. The van der Waals surface area contributed by atoms with Crippen molar-refractivity contribution in [3.8, 4) is 11.4 Å². The Morgan fingerprint density at radius 1 is 1.19 bits per heavy atom. The average molecular weight is 434 g/mol. The molecule has 1 aliphatic heterocycles. The Morgan fingerprint density at radius 3 is 2.84 bits per heavy atom. The molecule has 0 radical (unpaired) electrons. The van der Waals surface area contributed by atoms with E-state index in [0.29, 0.717) is 30.4 Å². The van der Waals surface area contributed by atoms with E-state index in [1.807, 2.05) is 30.3 Å². The second-order valence-corrected chi connectivity index (χ2v) is 7.61. The fraction of sp³-hybridized carbons (Fsp3) is 0.250. The molecular weight excluding hydrogens is 411 g/mol. The van der Waals surface area contributed by atoms with Crippen molar-refractivity contribution in [2.24, 2.45) is 0 Å². The Bertz CT molecular complexity index is 1110. The molecule has 0 bridgehead atoms. The van der Waals surface area contributed by atoms with E-state index in [0.717, 1.165) is 18.4 Å². The number of benzene rings is 2. The molecule has 1 N–H and O–H groups in total. The highest BCUT2D eigenvalue weighted by atomic mass is 19.1. The van der Waals surface area contributed by atoms with E-state index in [1.165, 1.54) is 18.2 Å². The van der Waals surface area contributed by atoms with Crippen LogP contribution in [0.25, 0.3) is 17.5 Å². The molecule has 0 aliphatic carbocycles. The second kappa shape index (κ2) is 10.00. The molecular formula is C24H23FN4O3. The second-order valence-electron chi connectivity index (χ2n) is 7.61. The first-order valence-corrected chi connectivity index (χ1v) is 10.5. The first kappa shape index (κ1) is 21.4. The van der Waals surface area contributed by atoms with Gasteiger partial charge in [-0.1, -0.05) is 47.6 Å². The summed E-state index contributed by atoms with van der Waals surface area (Å²) in [5, 5.41) is 6.59. The minimum atomic E-state index is -0.371. The fourth-order valence-electron chi connectivity index (χ4n) is 3.62. The van der Waals surface area contributed by atoms with Crippen molar-refractivity contribution in [1.29, 1.82) is 0 Å². The van der Waals surface area contributed by atoms with Crippen LogP contribution in [0, 0.1) is 5.82 Å². The van der Waals surface area contributed by atoms with E-state index >= 15 is 0 Å². The van der Waals surface area contributed by atoms with Gasteiger partial charge in [0.2, 0.25) is 23.5 Å². The van der Waals surface area contributed by atoms with Gasteiger partial charge in [0.15, 0.2) is 0 Å². The summed E-state index contributed by atoms with van der Waals surface area (Å²) in [5.41, 5.74) is 1.44. The summed E-state index contributed by atoms with van der Waals surface area (Å²) < 4.78 is 18.9. The summed E-state index contributed by atoms with van der Waals surface area (Å²) in [6.07, 6.45) is 4.70. The highest BCUT2D eigenvalue weighted by Gasteiger charge is 2.28. The standard InChI is InChI=1S/C24H23FN4O3/c25-20-10-4-8-18(14-20)23-27-24(32-28-23)19-9-5-13-29(16-19)22(31)15-26-21(30)12-11-17-6-2-1-3-7-17/h1-4,6-8,10-12,14,19H,5,9,13,15-16H2,(H,26,30)/b12-11+. The lowest BCUT2D eigenvalue weighted by Crippen LogP contribution is -2.44. The lowest BCUT2D eigenvalue weighted by molar-refractivity contribution is -0.133. The first-order chi connectivity index (χ1) is 15.6. The van der Waals surface area contributed by atoms with Crippen LogP contribution in [0.3, 0.4) is 0 Å². The molecule has 4 rings (SSSR count). The van der Waals surface area contributed by atoms with Crippen molar-refractivity contribution in [2.75, 3.05) is 19.6 Å². The Hall–Kier alpha value is -3.81. The number of likely N-dealkylation sites (tertiary alicyclic amines) is 1. The summed E-state index contributed by atoms with van der Waals surface area (Å²) >= 11 is 0. The molecule has 1 unspecified atom stereocenters. The zero-order valence-corrected chi connectivity index (χ0v) is 17.4. The van der Waals surface area contributed by atoms with Crippen molar-refractivity contribution in [3.63, 3.8) is 0 Å². The van der Waals surface area contributed by atoms with E-state index in [4.69, 9.17) is 4.52 Å². The maximum atomic E-state index is 13.5. The van der Waals surface area contributed by atoms with Crippen LogP contribution in [0.15, 0.2) is 65.2 Å².